The minimum atomic E-state index is 0.0863. The van der Waals surface area contributed by atoms with Crippen LogP contribution in [0.25, 0.3) is 0 Å². The Morgan fingerprint density at radius 3 is 2.00 bits per heavy atom. The smallest absolute Gasteiger partial charge is 0.188 e. The van der Waals surface area contributed by atoms with Crippen molar-refractivity contribution in [3.63, 3.8) is 0 Å². The molecule has 0 amide bonds. The number of rotatable bonds is 11. The molecular weight excluding hydrogens is 272 g/mol. The predicted octanol–water partition coefficient (Wildman–Crippen LogP) is 3.20. The molecule has 1 aromatic rings. The van der Waals surface area contributed by atoms with Crippen LogP contribution < -0.4 is 9.47 Å². The summed E-state index contributed by atoms with van der Waals surface area (Å²) in [7, 11) is 3.07. The molecule has 0 aromatic heterocycles. The van der Waals surface area contributed by atoms with E-state index in [-0.39, 0.29) is 13.6 Å². The van der Waals surface area contributed by atoms with Crippen molar-refractivity contribution in [1.82, 2.24) is 0 Å². The Hall–Kier alpha value is -1.59. The normalized spacial score (nSPS) is 10.4. The molecule has 0 N–H and O–H groups in total. The molecule has 0 aliphatic rings. The monoisotopic (exact) mass is 296 g/mol. The number of carbonyl (C=O) groups is 1. The molecule has 118 valence electrons. The molecule has 0 saturated heterocycles. The first kappa shape index (κ1) is 17.5. The number of hydrogen-bond acceptors (Lipinski definition) is 5. The zero-order valence-electron chi connectivity index (χ0n) is 13.0. The molecule has 0 radical (unpaired) electrons. The van der Waals surface area contributed by atoms with E-state index in [2.05, 4.69) is 6.92 Å². The lowest BCUT2D eigenvalue weighted by Gasteiger charge is -2.14. The highest BCUT2D eigenvalue weighted by Crippen LogP contribution is 2.30. The molecule has 0 atom stereocenters. The Bertz CT molecular complexity index is 402. The van der Waals surface area contributed by atoms with Crippen LogP contribution in [0.4, 0.5) is 0 Å². The highest BCUT2D eigenvalue weighted by atomic mass is 16.7. The summed E-state index contributed by atoms with van der Waals surface area (Å²) >= 11 is 0. The van der Waals surface area contributed by atoms with Crippen molar-refractivity contribution in [3.8, 4) is 11.5 Å². The van der Waals surface area contributed by atoms with Gasteiger partial charge in [-0.1, -0.05) is 19.8 Å². The minimum Gasteiger partial charge on any atom is -0.467 e. The molecule has 0 fully saturated rings. The largest absolute Gasteiger partial charge is 0.467 e. The second-order valence-electron chi connectivity index (χ2n) is 4.68. The zero-order chi connectivity index (χ0) is 15.5. The number of unbranched alkanes of at least 4 members (excludes halogenated alkanes) is 2. The van der Waals surface area contributed by atoms with E-state index in [0.29, 0.717) is 17.1 Å². The fourth-order valence-corrected chi connectivity index (χ4v) is 1.98. The van der Waals surface area contributed by atoms with Crippen LogP contribution in [0.15, 0.2) is 12.1 Å². The van der Waals surface area contributed by atoms with Crippen molar-refractivity contribution in [2.24, 2.45) is 0 Å². The van der Waals surface area contributed by atoms with Crippen LogP contribution in [-0.4, -0.2) is 34.1 Å². The first-order valence-electron chi connectivity index (χ1n) is 7.12. The first-order chi connectivity index (χ1) is 10.3. The van der Waals surface area contributed by atoms with Gasteiger partial charge in [-0.2, -0.15) is 0 Å². The van der Waals surface area contributed by atoms with Gasteiger partial charge >= 0.3 is 0 Å². The summed E-state index contributed by atoms with van der Waals surface area (Å²) in [6, 6.07) is 3.75. The summed E-state index contributed by atoms with van der Waals surface area (Å²) < 4.78 is 20.7. The van der Waals surface area contributed by atoms with Gasteiger partial charge in [-0.15, -0.1) is 0 Å². The Labute approximate surface area is 126 Å². The predicted molar refractivity (Wildman–Crippen MR) is 80.1 cm³/mol. The third kappa shape index (κ3) is 5.73. The summed E-state index contributed by atoms with van der Waals surface area (Å²) in [5.74, 6) is 0.957. The molecule has 0 saturated carbocycles. The van der Waals surface area contributed by atoms with E-state index >= 15 is 0 Å². The summed E-state index contributed by atoms with van der Waals surface area (Å²) in [5, 5.41) is 0. The number of carbonyl (C=O) groups excluding carboxylic acids is 1. The van der Waals surface area contributed by atoms with Gasteiger partial charge in [0.2, 0.25) is 0 Å². The van der Waals surface area contributed by atoms with Crippen molar-refractivity contribution in [1.29, 1.82) is 0 Å². The molecule has 0 bridgehead atoms. The zero-order valence-corrected chi connectivity index (χ0v) is 13.0. The lowest BCUT2D eigenvalue weighted by Crippen LogP contribution is -2.07. The van der Waals surface area contributed by atoms with Gasteiger partial charge in [0.1, 0.15) is 11.5 Å². The van der Waals surface area contributed by atoms with Gasteiger partial charge in [0.05, 0.1) is 5.56 Å². The first-order valence-corrected chi connectivity index (χ1v) is 7.12. The molecule has 1 rings (SSSR count). The van der Waals surface area contributed by atoms with Gasteiger partial charge in [0.15, 0.2) is 19.9 Å². The van der Waals surface area contributed by atoms with Crippen molar-refractivity contribution in [2.75, 3.05) is 27.8 Å². The maximum atomic E-state index is 11.3. The Morgan fingerprint density at radius 2 is 1.57 bits per heavy atom. The van der Waals surface area contributed by atoms with E-state index in [9.17, 15) is 4.79 Å². The molecule has 21 heavy (non-hydrogen) atoms. The molecule has 0 aliphatic carbocycles. The third-order valence-electron chi connectivity index (χ3n) is 3.02. The van der Waals surface area contributed by atoms with Gasteiger partial charge < -0.3 is 18.9 Å². The fraction of sp³-hybridized carbons (Fsp3) is 0.562. The van der Waals surface area contributed by atoms with Crippen LogP contribution in [0, 0.1) is 0 Å². The SMILES string of the molecule is CCCCCc1cc(OCOC)c(C=O)c(OCOC)c1. The van der Waals surface area contributed by atoms with Gasteiger partial charge in [-0.05, 0) is 30.5 Å². The summed E-state index contributed by atoms with van der Waals surface area (Å²) in [5.41, 5.74) is 1.45. The van der Waals surface area contributed by atoms with Gasteiger partial charge in [-0.25, -0.2) is 0 Å². The molecule has 0 heterocycles. The highest BCUT2D eigenvalue weighted by molar-refractivity contribution is 5.84. The molecular formula is C16H24O5. The van der Waals surface area contributed by atoms with Gasteiger partial charge in [0, 0.05) is 14.2 Å². The average molecular weight is 296 g/mol. The quantitative estimate of drug-likeness (QED) is 0.356. The van der Waals surface area contributed by atoms with Crippen molar-refractivity contribution >= 4 is 6.29 Å². The molecule has 0 unspecified atom stereocenters. The van der Waals surface area contributed by atoms with Crippen LogP contribution >= 0.6 is 0 Å². The summed E-state index contributed by atoms with van der Waals surface area (Å²) in [6.07, 6.45) is 5.06. The Kier molecular flexibility index (Phi) is 8.47. The molecule has 1 aromatic carbocycles. The van der Waals surface area contributed by atoms with E-state index in [1.54, 1.807) is 0 Å². The van der Waals surface area contributed by atoms with Crippen LogP contribution in [0.1, 0.15) is 42.1 Å². The molecule has 5 nitrogen and oxygen atoms in total. The molecule has 0 spiro atoms. The lowest BCUT2D eigenvalue weighted by atomic mass is 10.0. The van der Waals surface area contributed by atoms with Crippen molar-refractivity contribution < 1.29 is 23.7 Å². The van der Waals surface area contributed by atoms with E-state index in [1.807, 2.05) is 12.1 Å². The van der Waals surface area contributed by atoms with E-state index in [0.717, 1.165) is 37.5 Å². The number of methoxy groups -OCH3 is 2. The van der Waals surface area contributed by atoms with Crippen LogP contribution in [0.3, 0.4) is 0 Å². The Morgan fingerprint density at radius 1 is 1.00 bits per heavy atom. The second kappa shape index (κ2) is 10.2. The number of ether oxygens (including phenoxy) is 4. The van der Waals surface area contributed by atoms with Crippen LogP contribution in [0.5, 0.6) is 11.5 Å². The van der Waals surface area contributed by atoms with Gasteiger partial charge in [0.25, 0.3) is 0 Å². The number of aldehydes is 1. The topological polar surface area (TPSA) is 54.0 Å². The summed E-state index contributed by atoms with van der Waals surface area (Å²) in [6.45, 7) is 2.34. The second-order valence-corrected chi connectivity index (χ2v) is 4.68. The standard InChI is InChI=1S/C16H24O5/c1-4-5-6-7-13-8-15(20-11-18-2)14(10-17)16(9-13)21-12-19-3/h8-10H,4-7,11-12H2,1-3H3. The van der Waals surface area contributed by atoms with Crippen LogP contribution in [0.2, 0.25) is 0 Å². The lowest BCUT2D eigenvalue weighted by molar-refractivity contribution is 0.0449. The number of hydrogen-bond donors (Lipinski definition) is 0. The molecule has 0 aliphatic heterocycles. The maximum Gasteiger partial charge on any atom is 0.188 e. The van der Waals surface area contributed by atoms with E-state index in [1.165, 1.54) is 14.2 Å². The van der Waals surface area contributed by atoms with E-state index < -0.39 is 0 Å². The third-order valence-corrected chi connectivity index (χ3v) is 3.02. The van der Waals surface area contributed by atoms with Crippen molar-refractivity contribution in [2.45, 2.75) is 32.6 Å². The van der Waals surface area contributed by atoms with Crippen molar-refractivity contribution in [3.05, 3.63) is 23.3 Å². The van der Waals surface area contributed by atoms with E-state index in [4.69, 9.17) is 18.9 Å². The fourth-order valence-electron chi connectivity index (χ4n) is 1.98. The Balaban J connectivity index is 2.99. The highest BCUT2D eigenvalue weighted by Gasteiger charge is 2.13. The average Bonchev–Trinajstić information content (AvgIpc) is 2.50. The number of benzene rings is 1. The minimum absolute atomic E-state index is 0.0863. The van der Waals surface area contributed by atoms with Crippen LogP contribution in [-0.2, 0) is 15.9 Å². The van der Waals surface area contributed by atoms with Gasteiger partial charge in [-0.3, -0.25) is 4.79 Å². The molecule has 5 heteroatoms. The number of aryl methyl sites for hydroxylation is 1. The maximum absolute atomic E-state index is 11.3. The summed E-state index contributed by atoms with van der Waals surface area (Å²) in [4.78, 5) is 11.3.